The van der Waals surface area contributed by atoms with Crippen molar-refractivity contribution in [3.63, 3.8) is 0 Å². The van der Waals surface area contributed by atoms with Crippen molar-refractivity contribution in [1.29, 1.82) is 0 Å². The second-order valence-electron chi connectivity index (χ2n) is 22.8. The number of benzene rings is 10. The first-order chi connectivity index (χ1) is 44.5. The van der Waals surface area contributed by atoms with Crippen molar-refractivity contribution < 1.29 is 37.8 Å². The van der Waals surface area contributed by atoms with Gasteiger partial charge in [-0.15, -0.1) is 0 Å². The molecular formula is C76H63N5OPt. The van der Waals surface area contributed by atoms with E-state index in [1.165, 1.54) is 0 Å². The van der Waals surface area contributed by atoms with Gasteiger partial charge in [0.1, 0.15) is 0 Å². The molecule has 0 bridgehead atoms. The summed E-state index contributed by atoms with van der Waals surface area (Å²) < 4.78 is 109. The van der Waals surface area contributed by atoms with E-state index < -0.39 is 60.4 Å². The second kappa shape index (κ2) is 20.7. The summed E-state index contributed by atoms with van der Waals surface area (Å²) in [5.74, 6) is 2.15. The molecule has 4 heterocycles. The summed E-state index contributed by atoms with van der Waals surface area (Å²) in [6.07, 6.45) is 1.87. The van der Waals surface area contributed by atoms with Crippen molar-refractivity contribution in [3.8, 4) is 67.8 Å². The molecule has 0 radical (unpaired) electrons. The normalized spacial score (nSPS) is 13.8. The standard InChI is InChI=1S/C76H63N5O.Pt/c1-49(2)59-30-22-31-60(50(3)4)74(59)53-41-55(44-58(42-53)82-57-37-38-64-63-29-16-19-34-69(63)81(72(64)47-57)73-43-54(39-40-77-73)76(5,6)7)78-48-79(71-36-21-20-35-70(71)78)75-65(51-23-10-8-11-24-51)45-56(46-66(75)52-25-12-9-13-26-52)80-67-32-17-14-27-61(67)62-28-15-18-33-68(62)80;/h8-47,49-50H,1-7H3;/i8D,9D,10D,11D,12D,13D,23D,24D,25D,26D;. The van der Waals surface area contributed by atoms with Gasteiger partial charge in [-0.2, -0.15) is 0 Å². The molecule has 0 fully saturated rings. The molecule has 0 saturated carbocycles. The average molecular weight is 1270 g/mol. The molecular weight excluding hydrogens is 1190 g/mol. The summed E-state index contributed by atoms with van der Waals surface area (Å²) in [7, 11) is 0. The van der Waals surface area contributed by atoms with E-state index >= 15 is 0 Å². The van der Waals surface area contributed by atoms with Gasteiger partial charge in [0.05, 0.1) is 0 Å². The van der Waals surface area contributed by atoms with Gasteiger partial charge >= 0.3 is 456 Å². The molecule has 0 unspecified atom stereocenters. The van der Waals surface area contributed by atoms with Gasteiger partial charge in [-0.05, 0) is 17.0 Å². The Bertz CT molecular complexity index is 5310. The molecule has 0 spiro atoms. The van der Waals surface area contributed by atoms with E-state index in [-0.39, 0.29) is 45.2 Å². The minimum atomic E-state index is -0.582. The number of pyridine rings is 1. The molecule has 6 nitrogen and oxygen atoms in total. The van der Waals surface area contributed by atoms with Crippen molar-refractivity contribution in [2.24, 2.45) is 0 Å². The quantitative estimate of drug-likeness (QED) is 0.130. The van der Waals surface area contributed by atoms with E-state index in [1.807, 2.05) is 112 Å². The van der Waals surface area contributed by atoms with Gasteiger partial charge in [0, 0.05) is 6.20 Å². The Kier molecular flexibility index (Phi) is 10.4. The van der Waals surface area contributed by atoms with Crippen LogP contribution in [0, 0.1) is 3.80 Å². The third kappa shape index (κ3) is 8.99. The predicted molar refractivity (Wildman–Crippen MR) is 342 cm³/mol. The summed E-state index contributed by atoms with van der Waals surface area (Å²) in [5.41, 5.74) is 11.4. The molecule has 0 N–H and O–H groups in total. The van der Waals surface area contributed by atoms with Gasteiger partial charge in [0.2, 0.25) is 0 Å². The molecule has 7 heteroatoms. The summed E-state index contributed by atoms with van der Waals surface area (Å²) in [4.78, 5) is 4.95. The SMILES string of the molecule is [2H]c1c([2H])c([2H])c(-c2cc(-n3c4ccccc4c4ccccc43)cc(-c3c([2H])c([2H])c([2H])c([2H])c3[2H])c2-n2[c](=[Pt])n(-c3cc(Oc4ccc5c6ccccc6n(-c6cc(C(C)(C)C)ccn6)c5c4)cc(-c4c(C(C)C)cccc4C(C)C)c3)c3ccccc32)c([2H])c1[2H]. The first-order valence-electron chi connectivity index (χ1n) is 33.0. The van der Waals surface area contributed by atoms with Crippen LogP contribution in [0.4, 0.5) is 0 Å². The molecule has 0 aliphatic carbocycles. The van der Waals surface area contributed by atoms with Crippen LogP contribution in [0.1, 0.15) is 90.7 Å². The van der Waals surface area contributed by atoms with Gasteiger partial charge in [-0.3, -0.25) is 0 Å². The molecule has 0 aliphatic heterocycles. The number of hydrogen-bond acceptors (Lipinski definition) is 2. The molecule has 0 atom stereocenters. The van der Waals surface area contributed by atoms with Crippen LogP contribution in [0.2, 0.25) is 0 Å². The third-order valence-electron chi connectivity index (χ3n) is 15.9. The molecule has 14 aromatic rings. The maximum atomic E-state index is 9.75. The summed E-state index contributed by atoms with van der Waals surface area (Å²) >= 11 is 2.27. The van der Waals surface area contributed by atoms with Crippen LogP contribution in [-0.4, -0.2) is 23.3 Å². The van der Waals surface area contributed by atoms with Gasteiger partial charge in [0.25, 0.3) is 0 Å². The molecule has 83 heavy (non-hydrogen) atoms. The maximum absolute atomic E-state index is 9.75. The van der Waals surface area contributed by atoms with Crippen LogP contribution < -0.4 is 4.74 Å². The fourth-order valence-electron chi connectivity index (χ4n) is 12.1. The summed E-state index contributed by atoms with van der Waals surface area (Å²) in [5, 5.41) is 3.95. The number of para-hydroxylation sites is 5. The Morgan fingerprint density at radius 3 is 1.51 bits per heavy atom. The minimum absolute atomic E-state index is 0.126. The first-order valence-corrected chi connectivity index (χ1v) is 29.1. The monoisotopic (exact) mass is 1270 g/mol. The average Bonchev–Trinajstić information content (AvgIpc) is 1.64. The van der Waals surface area contributed by atoms with E-state index in [0.29, 0.717) is 37.7 Å². The summed E-state index contributed by atoms with van der Waals surface area (Å²) in [6.45, 7) is 15.4. The van der Waals surface area contributed by atoms with E-state index in [2.05, 4.69) is 144 Å². The molecule has 408 valence electrons. The number of hydrogen-bond donors (Lipinski definition) is 0. The zero-order valence-electron chi connectivity index (χ0n) is 56.9. The van der Waals surface area contributed by atoms with Crippen LogP contribution in [0.3, 0.4) is 0 Å². The van der Waals surface area contributed by atoms with Crippen molar-refractivity contribution in [3.05, 3.63) is 263 Å². The van der Waals surface area contributed by atoms with Crippen molar-refractivity contribution >= 4 is 54.6 Å². The van der Waals surface area contributed by atoms with Gasteiger partial charge in [-0.1, -0.05) is 32.9 Å². The van der Waals surface area contributed by atoms with Crippen LogP contribution >= 0.6 is 0 Å². The number of nitrogens with zero attached hydrogens (tertiary/aromatic N) is 5. The number of rotatable bonds is 11. The summed E-state index contributed by atoms with van der Waals surface area (Å²) in [6, 6.07) is 53.2. The Morgan fingerprint density at radius 1 is 0.446 bits per heavy atom. The predicted octanol–water partition coefficient (Wildman–Crippen LogP) is 20.4. The topological polar surface area (TPSA) is 41.8 Å². The van der Waals surface area contributed by atoms with Crippen LogP contribution in [0.25, 0.3) is 111 Å². The molecule has 0 amide bonds. The van der Waals surface area contributed by atoms with E-state index in [4.69, 9.17) is 12.5 Å². The molecule has 10 aromatic carbocycles. The van der Waals surface area contributed by atoms with Crippen molar-refractivity contribution in [2.75, 3.05) is 0 Å². The van der Waals surface area contributed by atoms with Crippen LogP contribution in [-0.2, 0) is 24.8 Å². The van der Waals surface area contributed by atoms with Gasteiger partial charge in [0.15, 0.2) is 0 Å². The van der Waals surface area contributed by atoms with Crippen molar-refractivity contribution in [2.45, 2.75) is 65.7 Å². The second-order valence-corrected chi connectivity index (χ2v) is 23.8. The first kappa shape index (κ1) is 41.8. The van der Waals surface area contributed by atoms with E-state index in [9.17, 15) is 11.0 Å². The number of fused-ring (bicyclic) bond motifs is 7. The van der Waals surface area contributed by atoms with Gasteiger partial charge in [-0.25, -0.2) is 0 Å². The molecule has 14 rings (SSSR count). The molecule has 0 aliphatic rings. The zero-order chi connectivity index (χ0) is 65.4. The van der Waals surface area contributed by atoms with Crippen molar-refractivity contribution in [1.82, 2.24) is 23.3 Å². The van der Waals surface area contributed by atoms with Crippen LogP contribution in [0.15, 0.2) is 243 Å². The molecule has 4 aromatic heterocycles. The zero-order valence-corrected chi connectivity index (χ0v) is 49.2. The van der Waals surface area contributed by atoms with Gasteiger partial charge < -0.3 is 0 Å². The Hall–Kier alpha value is -9.09. The van der Waals surface area contributed by atoms with E-state index in [0.717, 1.165) is 77.2 Å². The van der Waals surface area contributed by atoms with E-state index in [1.54, 1.807) is 12.1 Å². The fourth-order valence-corrected chi connectivity index (χ4v) is 13.2. The number of ether oxygens (including phenoxy) is 1. The Balaban J connectivity index is 1.09. The Labute approximate surface area is 509 Å². The fraction of sp³-hybridized carbons (Fsp3) is 0.132. The number of imidazole rings is 1. The van der Waals surface area contributed by atoms with Crippen LogP contribution in [0.5, 0.6) is 11.5 Å². The Morgan fingerprint density at radius 2 is 0.952 bits per heavy atom. The third-order valence-corrected chi connectivity index (χ3v) is 16.9. The molecule has 0 saturated heterocycles. The number of aromatic nitrogens is 5.